The van der Waals surface area contributed by atoms with Crippen molar-refractivity contribution in [1.82, 2.24) is 10.2 Å². The first kappa shape index (κ1) is 12.5. The Balaban J connectivity index is 2.14. The van der Waals surface area contributed by atoms with Crippen LogP contribution in [0.2, 0.25) is 0 Å². The Morgan fingerprint density at radius 1 is 1.41 bits per heavy atom. The van der Waals surface area contributed by atoms with Gasteiger partial charge >= 0.3 is 0 Å². The maximum Gasteiger partial charge on any atom is 0.151 e. The molecule has 1 aliphatic rings. The van der Waals surface area contributed by atoms with E-state index in [-0.39, 0.29) is 5.54 Å². The van der Waals surface area contributed by atoms with Gasteiger partial charge < -0.3 is 5.32 Å². The first-order valence-corrected chi connectivity index (χ1v) is 6.84. The summed E-state index contributed by atoms with van der Waals surface area (Å²) >= 11 is 0. The minimum Gasteiger partial charge on any atom is -0.364 e. The predicted molar refractivity (Wildman–Crippen MR) is 72.4 cm³/mol. The number of anilines is 1. The first-order valence-electron chi connectivity index (χ1n) is 6.84. The molecule has 1 aromatic rings. The molecule has 0 spiro atoms. The van der Waals surface area contributed by atoms with Crippen LogP contribution >= 0.6 is 0 Å². The molecule has 1 unspecified atom stereocenters. The normalized spacial score (nSPS) is 20.1. The summed E-state index contributed by atoms with van der Waals surface area (Å²) in [6, 6.07) is 0. The fourth-order valence-corrected chi connectivity index (χ4v) is 2.68. The van der Waals surface area contributed by atoms with Crippen LogP contribution in [0.25, 0.3) is 0 Å². The van der Waals surface area contributed by atoms with E-state index in [1.165, 1.54) is 43.4 Å². The number of aromatic amines is 1. The number of aryl methyl sites for hydroxylation is 1. The molecule has 0 bridgehead atoms. The lowest BCUT2D eigenvalue weighted by molar-refractivity contribution is 0.421. The van der Waals surface area contributed by atoms with E-state index in [0.29, 0.717) is 0 Å². The minimum absolute atomic E-state index is 0.0840. The molecule has 3 nitrogen and oxygen atoms in total. The number of H-pyrrole nitrogens is 1. The number of hydrogen-bond acceptors (Lipinski definition) is 2. The van der Waals surface area contributed by atoms with Gasteiger partial charge in [-0.3, -0.25) is 5.10 Å². The highest BCUT2D eigenvalue weighted by molar-refractivity contribution is 5.49. The van der Waals surface area contributed by atoms with Gasteiger partial charge in [0.2, 0.25) is 0 Å². The quantitative estimate of drug-likeness (QED) is 0.841. The molecule has 17 heavy (non-hydrogen) atoms. The summed E-state index contributed by atoms with van der Waals surface area (Å²) < 4.78 is 0. The van der Waals surface area contributed by atoms with Crippen molar-refractivity contribution in [3.05, 3.63) is 11.3 Å². The van der Waals surface area contributed by atoms with E-state index in [2.05, 4.69) is 43.2 Å². The van der Waals surface area contributed by atoms with Gasteiger partial charge in [0.15, 0.2) is 5.82 Å². The SMILES string of the molecule is CCCC1CCc2[nH]nc(NC(C)(C)C)c2C1. The summed E-state index contributed by atoms with van der Waals surface area (Å²) in [6.07, 6.45) is 6.31. The lowest BCUT2D eigenvalue weighted by Crippen LogP contribution is -2.27. The number of rotatable bonds is 3. The molecule has 2 rings (SSSR count). The fourth-order valence-electron chi connectivity index (χ4n) is 2.68. The third-order valence-electron chi connectivity index (χ3n) is 3.44. The molecule has 1 heterocycles. The molecule has 2 N–H and O–H groups in total. The van der Waals surface area contributed by atoms with Crippen LogP contribution in [0.4, 0.5) is 5.82 Å². The largest absolute Gasteiger partial charge is 0.364 e. The topological polar surface area (TPSA) is 40.7 Å². The first-order chi connectivity index (χ1) is 7.99. The van der Waals surface area contributed by atoms with Gasteiger partial charge in [0.1, 0.15) is 0 Å². The molecule has 0 aromatic carbocycles. The fraction of sp³-hybridized carbons (Fsp3) is 0.786. The van der Waals surface area contributed by atoms with Gasteiger partial charge in [-0.15, -0.1) is 0 Å². The predicted octanol–water partition coefficient (Wildman–Crippen LogP) is 3.53. The molecule has 0 radical (unpaired) electrons. The number of nitrogens with one attached hydrogen (secondary N) is 2. The maximum atomic E-state index is 4.44. The van der Waals surface area contributed by atoms with Crippen LogP contribution in [-0.4, -0.2) is 15.7 Å². The van der Waals surface area contributed by atoms with E-state index in [9.17, 15) is 0 Å². The van der Waals surface area contributed by atoms with Crippen molar-refractivity contribution < 1.29 is 0 Å². The Kier molecular flexibility index (Phi) is 3.45. The van der Waals surface area contributed by atoms with Crippen molar-refractivity contribution in [1.29, 1.82) is 0 Å². The molecular weight excluding hydrogens is 210 g/mol. The zero-order chi connectivity index (χ0) is 12.5. The second-order valence-corrected chi connectivity index (χ2v) is 6.30. The van der Waals surface area contributed by atoms with Gasteiger partial charge in [-0.05, 0) is 46.0 Å². The van der Waals surface area contributed by atoms with E-state index in [4.69, 9.17) is 0 Å². The van der Waals surface area contributed by atoms with Crippen molar-refractivity contribution in [2.75, 3.05) is 5.32 Å². The molecule has 0 saturated carbocycles. The smallest absolute Gasteiger partial charge is 0.151 e. The lowest BCUT2D eigenvalue weighted by Gasteiger charge is -2.25. The second-order valence-electron chi connectivity index (χ2n) is 6.30. The van der Waals surface area contributed by atoms with Crippen LogP contribution in [0.15, 0.2) is 0 Å². The Hall–Kier alpha value is -0.990. The molecule has 1 aromatic heterocycles. The van der Waals surface area contributed by atoms with E-state index < -0.39 is 0 Å². The average Bonchev–Trinajstić information content (AvgIpc) is 2.60. The van der Waals surface area contributed by atoms with E-state index >= 15 is 0 Å². The van der Waals surface area contributed by atoms with Gasteiger partial charge in [0, 0.05) is 16.8 Å². The van der Waals surface area contributed by atoms with Crippen LogP contribution < -0.4 is 5.32 Å². The molecule has 1 atom stereocenters. The number of nitrogens with zero attached hydrogens (tertiary/aromatic N) is 1. The minimum atomic E-state index is 0.0840. The van der Waals surface area contributed by atoms with Crippen LogP contribution in [0.3, 0.4) is 0 Å². The van der Waals surface area contributed by atoms with Crippen LogP contribution in [-0.2, 0) is 12.8 Å². The Labute approximate surface area is 104 Å². The molecule has 1 aliphatic carbocycles. The van der Waals surface area contributed by atoms with Gasteiger partial charge in [-0.2, -0.15) is 5.10 Å². The molecule has 0 saturated heterocycles. The molecule has 96 valence electrons. The number of fused-ring (bicyclic) bond motifs is 1. The van der Waals surface area contributed by atoms with Crippen molar-refractivity contribution in [2.45, 2.75) is 65.3 Å². The van der Waals surface area contributed by atoms with Crippen LogP contribution in [0.5, 0.6) is 0 Å². The summed E-state index contributed by atoms with van der Waals surface area (Å²) in [5, 5.41) is 11.2. The van der Waals surface area contributed by atoms with Gasteiger partial charge in [-0.25, -0.2) is 0 Å². The molecule has 3 heteroatoms. The second kappa shape index (κ2) is 4.71. The van der Waals surface area contributed by atoms with Gasteiger partial charge in [0.25, 0.3) is 0 Å². The number of hydrogen-bond donors (Lipinski definition) is 2. The van der Waals surface area contributed by atoms with E-state index in [0.717, 1.165) is 11.7 Å². The standard InChI is InChI=1S/C14H25N3/c1-5-6-10-7-8-12-11(9-10)13(17-16-12)15-14(2,3)4/h10H,5-9H2,1-4H3,(H2,15,16,17). The number of aromatic nitrogens is 2. The summed E-state index contributed by atoms with van der Waals surface area (Å²) in [5.74, 6) is 1.93. The summed E-state index contributed by atoms with van der Waals surface area (Å²) in [5.41, 5.74) is 2.87. The Morgan fingerprint density at radius 3 is 2.82 bits per heavy atom. The highest BCUT2D eigenvalue weighted by Gasteiger charge is 2.24. The monoisotopic (exact) mass is 235 g/mol. The summed E-state index contributed by atoms with van der Waals surface area (Å²) in [4.78, 5) is 0. The Bertz CT molecular complexity index is 373. The third-order valence-corrected chi connectivity index (χ3v) is 3.44. The molecule has 0 fully saturated rings. The van der Waals surface area contributed by atoms with Crippen LogP contribution in [0, 0.1) is 5.92 Å². The summed E-state index contributed by atoms with van der Waals surface area (Å²) in [7, 11) is 0. The van der Waals surface area contributed by atoms with Gasteiger partial charge in [-0.1, -0.05) is 19.8 Å². The van der Waals surface area contributed by atoms with Gasteiger partial charge in [0.05, 0.1) is 0 Å². The van der Waals surface area contributed by atoms with E-state index in [1.54, 1.807) is 0 Å². The Morgan fingerprint density at radius 2 is 2.18 bits per heavy atom. The van der Waals surface area contributed by atoms with Crippen molar-refractivity contribution >= 4 is 5.82 Å². The molecular formula is C14H25N3. The van der Waals surface area contributed by atoms with Crippen molar-refractivity contribution in [2.24, 2.45) is 5.92 Å². The lowest BCUT2D eigenvalue weighted by atomic mass is 9.84. The van der Waals surface area contributed by atoms with Crippen LogP contribution in [0.1, 0.15) is 58.2 Å². The molecule has 0 aliphatic heterocycles. The van der Waals surface area contributed by atoms with Crippen molar-refractivity contribution in [3.8, 4) is 0 Å². The van der Waals surface area contributed by atoms with E-state index in [1.807, 2.05) is 0 Å². The summed E-state index contributed by atoms with van der Waals surface area (Å²) in [6.45, 7) is 8.82. The van der Waals surface area contributed by atoms with Crippen molar-refractivity contribution in [3.63, 3.8) is 0 Å². The zero-order valence-corrected chi connectivity index (χ0v) is 11.6. The highest BCUT2D eigenvalue weighted by Crippen LogP contribution is 2.32. The zero-order valence-electron chi connectivity index (χ0n) is 11.6. The average molecular weight is 235 g/mol. The maximum absolute atomic E-state index is 4.44. The highest BCUT2D eigenvalue weighted by atomic mass is 15.2. The molecule has 0 amide bonds. The third kappa shape index (κ3) is 3.02.